The predicted octanol–water partition coefficient (Wildman–Crippen LogP) is 3.28. The second kappa shape index (κ2) is 3.48. The summed E-state index contributed by atoms with van der Waals surface area (Å²) in [5.41, 5.74) is 0.976. The van der Waals surface area contributed by atoms with Crippen LogP contribution in [0.4, 0.5) is 0 Å². The Morgan fingerprint density at radius 2 is 2.00 bits per heavy atom. The Hall–Kier alpha value is -1.52. The third-order valence-corrected chi connectivity index (χ3v) is 3.22. The molecule has 3 rings (SSSR count). The molecule has 1 aromatic carbocycles. The van der Waals surface area contributed by atoms with E-state index in [1.807, 2.05) is 0 Å². The predicted molar refractivity (Wildman–Crippen MR) is 66.9 cm³/mol. The lowest BCUT2D eigenvalue weighted by atomic mass is 10.2. The number of pyridine rings is 1. The third-order valence-electron chi connectivity index (χ3n) is 2.50. The maximum absolute atomic E-state index is 11.7. The van der Waals surface area contributed by atoms with Gasteiger partial charge in [0, 0.05) is 12.3 Å². The number of oxazole rings is 1. The molecule has 3 aromatic rings. The van der Waals surface area contributed by atoms with Gasteiger partial charge in [0.25, 0.3) is 5.56 Å². The fraction of sp³-hybridized carbons (Fsp3) is 0.0909. The molecule has 0 radical (unpaired) electrons. The van der Waals surface area contributed by atoms with Crippen LogP contribution in [0.5, 0.6) is 0 Å². The molecule has 1 N–H and O–H groups in total. The average molecular weight is 269 g/mol. The minimum Gasteiger partial charge on any atom is -0.440 e. The number of fused-ring (bicyclic) bond motifs is 3. The van der Waals surface area contributed by atoms with Crippen molar-refractivity contribution in [1.82, 2.24) is 9.97 Å². The van der Waals surface area contributed by atoms with E-state index < -0.39 is 0 Å². The van der Waals surface area contributed by atoms with Crippen LogP contribution in [-0.4, -0.2) is 9.97 Å². The van der Waals surface area contributed by atoms with Gasteiger partial charge in [-0.1, -0.05) is 23.2 Å². The highest BCUT2D eigenvalue weighted by Gasteiger charge is 2.13. The maximum atomic E-state index is 11.7. The van der Waals surface area contributed by atoms with E-state index in [1.54, 1.807) is 19.1 Å². The minimum absolute atomic E-state index is 0.272. The molecule has 2 heterocycles. The van der Waals surface area contributed by atoms with Crippen molar-refractivity contribution in [2.75, 3.05) is 0 Å². The Labute approximate surface area is 105 Å². The number of benzene rings is 1. The molecule has 0 bridgehead atoms. The van der Waals surface area contributed by atoms with Gasteiger partial charge in [0.15, 0.2) is 17.0 Å². The molecule has 0 spiro atoms. The van der Waals surface area contributed by atoms with E-state index in [-0.39, 0.29) is 11.1 Å². The summed E-state index contributed by atoms with van der Waals surface area (Å²) in [6.07, 6.45) is 0. The van der Waals surface area contributed by atoms with E-state index in [9.17, 15) is 4.79 Å². The normalized spacial score (nSPS) is 11.5. The second-order valence-electron chi connectivity index (χ2n) is 3.68. The van der Waals surface area contributed by atoms with Gasteiger partial charge in [0.2, 0.25) is 0 Å². The number of rotatable bonds is 0. The van der Waals surface area contributed by atoms with Crippen molar-refractivity contribution in [3.63, 3.8) is 0 Å². The lowest BCUT2D eigenvalue weighted by molar-refractivity contribution is 0.563. The number of H-pyrrole nitrogens is 1. The Bertz CT molecular complexity index is 804. The molecule has 0 saturated heterocycles. The molecule has 0 unspecified atom stereocenters. The van der Waals surface area contributed by atoms with Crippen LogP contribution in [0.2, 0.25) is 10.0 Å². The smallest absolute Gasteiger partial charge is 0.278 e. The van der Waals surface area contributed by atoms with Crippen molar-refractivity contribution >= 4 is 45.2 Å². The van der Waals surface area contributed by atoms with Gasteiger partial charge in [-0.3, -0.25) is 4.79 Å². The van der Waals surface area contributed by atoms with E-state index >= 15 is 0 Å². The summed E-state index contributed by atoms with van der Waals surface area (Å²) in [4.78, 5) is 18.5. The number of aryl methyl sites for hydroxylation is 1. The van der Waals surface area contributed by atoms with Gasteiger partial charge < -0.3 is 9.40 Å². The zero-order chi connectivity index (χ0) is 12.2. The second-order valence-corrected chi connectivity index (χ2v) is 4.49. The van der Waals surface area contributed by atoms with Crippen molar-refractivity contribution in [3.05, 3.63) is 38.4 Å². The van der Waals surface area contributed by atoms with Crippen LogP contribution < -0.4 is 5.56 Å². The van der Waals surface area contributed by atoms with E-state index in [4.69, 9.17) is 27.6 Å². The van der Waals surface area contributed by atoms with Crippen molar-refractivity contribution in [2.45, 2.75) is 6.92 Å². The third kappa shape index (κ3) is 1.52. The van der Waals surface area contributed by atoms with Gasteiger partial charge >= 0.3 is 0 Å². The molecular weight excluding hydrogens is 263 g/mol. The molecule has 6 heteroatoms. The lowest BCUT2D eigenvalue weighted by Gasteiger charge is -2.00. The Morgan fingerprint density at radius 3 is 2.76 bits per heavy atom. The van der Waals surface area contributed by atoms with E-state index in [0.29, 0.717) is 32.4 Å². The SMILES string of the molecule is Cc1nc2c(=O)[nH]c3cc(Cl)c(Cl)cc3c2o1. The van der Waals surface area contributed by atoms with Crippen molar-refractivity contribution in [2.24, 2.45) is 0 Å². The summed E-state index contributed by atoms with van der Waals surface area (Å²) in [7, 11) is 0. The summed E-state index contributed by atoms with van der Waals surface area (Å²) in [5.74, 6) is 0.434. The molecule has 0 atom stereocenters. The van der Waals surface area contributed by atoms with Gasteiger partial charge in [-0.05, 0) is 12.1 Å². The van der Waals surface area contributed by atoms with Crippen LogP contribution in [0, 0.1) is 6.92 Å². The van der Waals surface area contributed by atoms with E-state index in [0.717, 1.165) is 0 Å². The van der Waals surface area contributed by atoms with Crippen LogP contribution in [0.3, 0.4) is 0 Å². The first-order valence-corrected chi connectivity index (χ1v) is 5.60. The Balaban J connectivity index is 2.62. The molecule has 17 heavy (non-hydrogen) atoms. The van der Waals surface area contributed by atoms with Crippen molar-refractivity contribution in [3.8, 4) is 0 Å². The van der Waals surface area contributed by atoms with E-state index in [2.05, 4.69) is 9.97 Å². The number of nitrogens with one attached hydrogen (secondary N) is 1. The largest absolute Gasteiger partial charge is 0.440 e. The number of hydrogen-bond acceptors (Lipinski definition) is 3. The highest BCUT2D eigenvalue weighted by Crippen LogP contribution is 2.30. The lowest BCUT2D eigenvalue weighted by Crippen LogP contribution is -2.06. The van der Waals surface area contributed by atoms with Gasteiger partial charge in [-0.15, -0.1) is 0 Å². The minimum atomic E-state index is -0.303. The first kappa shape index (κ1) is 10.6. The van der Waals surface area contributed by atoms with Crippen LogP contribution in [0.15, 0.2) is 21.3 Å². The van der Waals surface area contributed by atoms with Crippen LogP contribution in [-0.2, 0) is 0 Å². The van der Waals surface area contributed by atoms with E-state index in [1.165, 1.54) is 0 Å². The topological polar surface area (TPSA) is 58.9 Å². The number of nitrogens with zero attached hydrogens (tertiary/aromatic N) is 1. The van der Waals surface area contributed by atoms with Crippen molar-refractivity contribution in [1.29, 1.82) is 0 Å². The summed E-state index contributed by atoms with van der Waals surface area (Å²) >= 11 is 11.8. The monoisotopic (exact) mass is 268 g/mol. The first-order valence-electron chi connectivity index (χ1n) is 4.84. The summed E-state index contributed by atoms with van der Waals surface area (Å²) in [6, 6.07) is 3.25. The molecule has 0 aliphatic rings. The highest BCUT2D eigenvalue weighted by atomic mass is 35.5. The Morgan fingerprint density at radius 1 is 1.29 bits per heavy atom. The quantitative estimate of drug-likeness (QED) is 0.681. The van der Waals surface area contributed by atoms with Gasteiger partial charge in [-0.2, -0.15) is 0 Å². The number of halogens is 2. The Kier molecular flexibility index (Phi) is 2.18. The molecule has 0 fully saturated rings. The molecule has 2 aromatic heterocycles. The first-order chi connectivity index (χ1) is 8.06. The van der Waals surface area contributed by atoms with Crippen LogP contribution >= 0.6 is 23.2 Å². The number of hydrogen-bond donors (Lipinski definition) is 1. The molecule has 86 valence electrons. The average Bonchev–Trinajstić information content (AvgIpc) is 2.64. The molecule has 0 saturated carbocycles. The summed E-state index contributed by atoms with van der Waals surface area (Å²) in [6.45, 7) is 1.68. The van der Waals surface area contributed by atoms with Crippen molar-refractivity contribution < 1.29 is 4.42 Å². The standard InChI is InChI=1S/C11H6Cl2N2O2/c1-4-14-9-10(17-4)5-2-6(12)7(13)3-8(5)15-11(9)16/h2-3H,1H3,(H,15,16). The molecule has 4 nitrogen and oxygen atoms in total. The molecular formula is C11H6Cl2N2O2. The zero-order valence-corrected chi connectivity index (χ0v) is 10.2. The number of aromatic amines is 1. The molecule has 0 amide bonds. The fourth-order valence-electron chi connectivity index (χ4n) is 1.78. The van der Waals surface area contributed by atoms with Gasteiger partial charge in [-0.25, -0.2) is 4.98 Å². The van der Waals surface area contributed by atoms with Crippen LogP contribution in [0.1, 0.15) is 5.89 Å². The highest BCUT2D eigenvalue weighted by molar-refractivity contribution is 6.43. The van der Waals surface area contributed by atoms with Gasteiger partial charge in [0.1, 0.15) is 0 Å². The molecule has 0 aliphatic carbocycles. The number of aromatic nitrogens is 2. The maximum Gasteiger partial charge on any atom is 0.278 e. The van der Waals surface area contributed by atoms with Crippen LogP contribution in [0.25, 0.3) is 22.0 Å². The summed E-state index contributed by atoms with van der Waals surface area (Å²) < 4.78 is 5.42. The van der Waals surface area contributed by atoms with Gasteiger partial charge in [0.05, 0.1) is 15.6 Å². The fourth-order valence-corrected chi connectivity index (χ4v) is 2.11. The molecule has 0 aliphatic heterocycles. The summed E-state index contributed by atoms with van der Waals surface area (Å²) in [5, 5.41) is 1.47. The zero-order valence-electron chi connectivity index (χ0n) is 8.67.